The van der Waals surface area contributed by atoms with Crippen molar-refractivity contribution in [3.8, 4) is 17.1 Å². The van der Waals surface area contributed by atoms with E-state index >= 15 is 0 Å². The highest BCUT2D eigenvalue weighted by molar-refractivity contribution is 7.99. The van der Waals surface area contributed by atoms with Gasteiger partial charge in [-0.15, -0.1) is 10.2 Å². The van der Waals surface area contributed by atoms with Crippen LogP contribution in [0.4, 0.5) is 11.4 Å². The van der Waals surface area contributed by atoms with Crippen molar-refractivity contribution in [1.82, 2.24) is 15.2 Å². The molecule has 2 aromatic carbocycles. The molecule has 0 fully saturated rings. The van der Waals surface area contributed by atoms with Gasteiger partial charge in [-0.25, -0.2) is 0 Å². The van der Waals surface area contributed by atoms with Gasteiger partial charge in [-0.2, -0.15) is 4.98 Å². The van der Waals surface area contributed by atoms with Crippen molar-refractivity contribution >= 4 is 40.6 Å². The summed E-state index contributed by atoms with van der Waals surface area (Å²) >= 11 is 7.83. The lowest BCUT2D eigenvalue weighted by Crippen LogP contribution is -2.47. The van der Waals surface area contributed by atoms with Gasteiger partial charge in [0.15, 0.2) is 5.69 Å². The van der Waals surface area contributed by atoms with E-state index in [1.165, 1.54) is 25.7 Å². The third kappa shape index (κ3) is 4.13. The third-order valence-corrected chi connectivity index (χ3v) is 6.94. The molecule has 1 atom stereocenters. The second-order valence-corrected chi connectivity index (χ2v) is 9.61. The number of nitrogens with one attached hydrogen (secondary N) is 2. The van der Waals surface area contributed by atoms with Crippen LogP contribution in [-0.2, 0) is 10.5 Å². The van der Waals surface area contributed by atoms with E-state index in [9.17, 15) is 4.79 Å². The molecule has 1 unspecified atom stereocenters. The number of ether oxygens (including phenoxy) is 1. The summed E-state index contributed by atoms with van der Waals surface area (Å²) in [7, 11) is 0. The predicted octanol–water partition coefficient (Wildman–Crippen LogP) is 5.86. The molecule has 2 aliphatic rings. The number of aromatic nitrogens is 3. The van der Waals surface area contributed by atoms with Crippen LogP contribution < -0.4 is 15.4 Å². The lowest BCUT2D eigenvalue weighted by atomic mass is 10.0. The summed E-state index contributed by atoms with van der Waals surface area (Å²) in [6, 6.07) is 12.8. The number of anilines is 2. The molecule has 0 saturated carbocycles. The maximum atomic E-state index is 13.3. The van der Waals surface area contributed by atoms with E-state index in [1.54, 1.807) is 30.0 Å². The van der Waals surface area contributed by atoms with Gasteiger partial charge >= 0.3 is 0 Å². The van der Waals surface area contributed by atoms with Crippen LogP contribution in [0.2, 0.25) is 5.02 Å². The van der Waals surface area contributed by atoms with E-state index in [1.807, 2.05) is 24.3 Å². The Bertz CT molecular complexity index is 1210. The molecule has 2 N–H and O–H groups in total. The van der Waals surface area contributed by atoms with Crippen LogP contribution in [0.1, 0.15) is 44.6 Å². The molecule has 1 aromatic heterocycles. The molecule has 170 valence electrons. The molecule has 9 heteroatoms. The summed E-state index contributed by atoms with van der Waals surface area (Å²) in [5.41, 5.74) is 1.69. The maximum Gasteiger partial charge on any atom is 0.295 e. The smallest absolute Gasteiger partial charge is 0.295 e. The van der Waals surface area contributed by atoms with E-state index in [0.717, 1.165) is 17.7 Å². The Labute approximate surface area is 201 Å². The van der Waals surface area contributed by atoms with Gasteiger partial charge < -0.3 is 15.4 Å². The topological polar surface area (TPSA) is 89.0 Å². The van der Waals surface area contributed by atoms with Crippen molar-refractivity contribution in [2.24, 2.45) is 0 Å². The van der Waals surface area contributed by atoms with Crippen molar-refractivity contribution in [2.75, 3.05) is 16.4 Å². The lowest BCUT2D eigenvalue weighted by molar-refractivity contribution is -0.128. The molecular weight excluding hydrogens is 458 g/mol. The summed E-state index contributed by atoms with van der Waals surface area (Å²) in [6.07, 6.45) is 6.01. The molecule has 33 heavy (non-hydrogen) atoms. The first kappa shape index (κ1) is 22.0. The minimum Gasteiger partial charge on any atom is -0.435 e. The monoisotopic (exact) mass is 481 g/mol. The van der Waals surface area contributed by atoms with E-state index < -0.39 is 5.72 Å². The van der Waals surface area contributed by atoms with Gasteiger partial charge in [-0.1, -0.05) is 74.2 Å². The molecule has 7 nitrogen and oxygen atoms in total. The number of benzene rings is 2. The quantitative estimate of drug-likeness (QED) is 0.322. The highest BCUT2D eigenvalue weighted by Gasteiger charge is 2.52. The largest absolute Gasteiger partial charge is 0.435 e. The average Bonchev–Trinajstić information content (AvgIpc) is 2.98. The highest BCUT2D eigenvalue weighted by atomic mass is 35.5. The van der Waals surface area contributed by atoms with Crippen LogP contribution >= 0.6 is 23.4 Å². The fourth-order valence-corrected chi connectivity index (χ4v) is 5.05. The maximum absolute atomic E-state index is 13.3. The Kier molecular flexibility index (Phi) is 6.12. The number of halogens is 1. The van der Waals surface area contributed by atoms with Crippen molar-refractivity contribution in [2.45, 2.75) is 49.9 Å². The second kappa shape index (κ2) is 9.19. The first-order valence-electron chi connectivity index (χ1n) is 11.2. The molecule has 1 amide bonds. The van der Waals surface area contributed by atoms with Crippen LogP contribution in [0.3, 0.4) is 0 Å². The van der Waals surface area contributed by atoms with Crippen LogP contribution in [0.15, 0.2) is 47.6 Å². The average molecular weight is 482 g/mol. The number of carbonyl (C=O) groups excluding carboxylic acids is 1. The normalized spacial score (nSPS) is 17.9. The van der Waals surface area contributed by atoms with Gasteiger partial charge in [0.05, 0.1) is 11.3 Å². The highest BCUT2D eigenvalue weighted by Crippen LogP contribution is 2.47. The number of fused-ring (bicyclic) bond motifs is 5. The number of thioether (sulfide) groups is 1. The fourth-order valence-electron chi connectivity index (χ4n) is 4.10. The molecule has 0 radical (unpaired) electrons. The zero-order valence-electron chi connectivity index (χ0n) is 18.2. The number of nitrogens with zero attached hydrogens (tertiary/aromatic N) is 3. The van der Waals surface area contributed by atoms with Crippen molar-refractivity contribution in [3.63, 3.8) is 0 Å². The predicted molar refractivity (Wildman–Crippen MR) is 131 cm³/mol. The number of para-hydroxylation sites is 1. The standard InChI is InChI=1S/C24H24ClN5O2S/c1-2-3-4-5-8-13-33-23-27-21-20(29-30-23)16-9-6-7-10-18(16)28-24(32-21)17-14-15(25)11-12-19(17)26-22(24)31/h6-7,9-12,14,28H,2-5,8,13H2,1H3,(H,26,31). The zero-order valence-corrected chi connectivity index (χ0v) is 19.8. The first-order chi connectivity index (χ1) is 16.1. The summed E-state index contributed by atoms with van der Waals surface area (Å²) in [5, 5.41) is 16.0. The van der Waals surface area contributed by atoms with Gasteiger partial charge in [-0.05, 0) is 30.7 Å². The van der Waals surface area contributed by atoms with Gasteiger partial charge in [-0.3, -0.25) is 4.79 Å². The van der Waals surface area contributed by atoms with Gasteiger partial charge in [0.2, 0.25) is 11.0 Å². The molecular formula is C24H24ClN5O2S. The van der Waals surface area contributed by atoms with Crippen LogP contribution in [0.25, 0.3) is 11.3 Å². The van der Waals surface area contributed by atoms with E-state index in [4.69, 9.17) is 16.3 Å². The molecule has 0 aliphatic carbocycles. The number of carbonyl (C=O) groups is 1. The number of rotatable bonds is 7. The molecule has 1 spiro atoms. The summed E-state index contributed by atoms with van der Waals surface area (Å²) in [4.78, 5) is 17.9. The zero-order chi connectivity index (χ0) is 22.8. The number of amides is 1. The number of hydrogen-bond donors (Lipinski definition) is 2. The van der Waals surface area contributed by atoms with Crippen molar-refractivity contribution < 1.29 is 9.53 Å². The van der Waals surface area contributed by atoms with Crippen LogP contribution in [-0.4, -0.2) is 26.8 Å². The van der Waals surface area contributed by atoms with Gasteiger partial charge in [0.25, 0.3) is 11.6 Å². The van der Waals surface area contributed by atoms with Crippen molar-refractivity contribution in [1.29, 1.82) is 0 Å². The Morgan fingerprint density at radius 3 is 2.79 bits per heavy atom. The number of unbranched alkanes of at least 4 members (excludes halogenated alkanes) is 4. The SMILES string of the molecule is CCCCCCCSc1nnc2c(n1)OC1(Nc3ccccc3-2)C(=O)Nc2ccc(Cl)cc21. The Balaban J connectivity index is 1.51. The van der Waals surface area contributed by atoms with Crippen molar-refractivity contribution in [3.05, 3.63) is 53.1 Å². The third-order valence-electron chi connectivity index (χ3n) is 5.79. The van der Waals surface area contributed by atoms with Gasteiger partial charge in [0, 0.05) is 22.0 Å². The van der Waals surface area contributed by atoms with E-state index in [-0.39, 0.29) is 11.8 Å². The molecule has 5 rings (SSSR count). The van der Waals surface area contributed by atoms with Gasteiger partial charge in [0.1, 0.15) is 0 Å². The van der Waals surface area contributed by atoms with E-state index in [2.05, 4.69) is 32.7 Å². The van der Waals surface area contributed by atoms with E-state index in [0.29, 0.717) is 32.8 Å². The Morgan fingerprint density at radius 1 is 1.06 bits per heavy atom. The molecule has 3 heterocycles. The Hall–Kier alpha value is -2.84. The minimum absolute atomic E-state index is 0.263. The molecule has 0 bridgehead atoms. The molecule has 3 aromatic rings. The molecule has 0 saturated heterocycles. The van der Waals surface area contributed by atoms with Crippen LogP contribution in [0.5, 0.6) is 5.88 Å². The van der Waals surface area contributed by atoms with Crippen LogP contribution in [0, 0.1) is 0 Å². The first-order valence-corrected chi connectivity index (χ1v) is 12.5. The minimum atomic E-state index is -1.51. The molecule has 2 aliphatic heterocycles. The number of hydrogen-bond acceptors (Lipinski definition) is 7. The summed E-state index contributed by atoms with van der Waals surface area (Å²) < 4.78 is 6.37. The lowest BCUT2D eigenvalue weighted by Gasteiger charge is -2.28. The second-order valence-electron chi connectivity index (χ2n) is 8.11. The fraction of sp³-hybridized carbons (Fsp3) is 0.333. The summed E-state index contributed by atoms with van der Waals surface area (Å²) in [5.74, 6) is 0.827. The summed E-state index contributed by atoms with van der Waals surface area (Å²) in [6.45, 7) is 2.21. The Morgan fingerprint density at radius 2 is 1.91 bits per heavy atom.